The molecule has 1 amide bonds. The fraction of sp³-hybridized carbons (Fsp3) is 0.200. The predicted octanol–water partition coefficient (Wildman–Crippen LogP) is 3.37. The van der Waals surface area contributed by atoms with Crippen molar-refractivity contribution in [3.8, 4) is 0 Å². The molecule has 156 valence electrons. The van der Waals surface area contributed by atoms with E-state index in [0.29, 0.717) is 10.6 Å². The lowest BCUT2D eigenvalue weighted by Gasteiger charge is -2.33. The third-order valence-electron chi connectivity index (χ3n) is 5.12. The molecule has 2 aliphatic rings. The Morgan fingerprint density at radius 1 is 1.10 bits per heavy atom. The van der Waals surface area contributed by atoms with Crippen molar-refractivity contribution in [1.82, 2.24) is 15.8 Å². The van der Waals surface area contributed by atoms with E-state index in [1.807, 2.05) is 0 Å². The van der Waals surface area contributed by atoms with Crippen LogP contribution in [0.5, 0.6) is 0 Å². The monoisotopic (exact) mass is 437 g/mol. The Balaban J connectivity index is 1.77. The van der Waals surface area contributed by atoms with Crippen molar-refractivity contribution in [3.63, 3.8) is 0 Å². The van der Waals surface area contributed by atoms with Crippen LogP contribution in [0.15, 0.2) is 54.6 Å². The van der Waals surface area contributed by atoms with E-state index in [2.05, 4.69) is 10.7 Å². The lowest BCUT2D eigenvalue weighted by atomic mass is 9.89. The topological polar surface area (TPSA) is 81.7 Å². The normalized spacial score (nSPS) is 23.6. The Morgan fingerprint density at radius 2 is 1.77 bits per heavy atom. The summed E-state index contributed by atoms with van der Waals surface area (Å²) in [5.74, 6) is -3.11. The molecule has 4 rings (SSSR count). The summed E-state index contributed by atoms with van der Waals surface area (Å²) in [7, 11) is 0. The van der Waals surface area contributed by atoms with E-state index in [1.165, 1.54) is 42.5 Å². The van der Waals surface area contributed by atoms with E-state index in [-0.39, 0.29) is 16.8 Å². The first-order valence-corrected chi connectivity index (χ1v) is 9.27. The number of hydrogen-bond donors (Lipinski definition) is 3. The van der Waals surface area contributed by atoms with Crippen molar-refractivity contribution in [2.24, 2.45) is 0 Å². The number of halogens is 4. The number of nitrogens with one attached hydrogen (secondary N) is 2. The first-order chi connectivity index (χ1) is 14.2. The number of fused-ring (bicyclic) bond motifs is 1. The summed E-state index contributed by atoms with van der Waals surface area (Å²) in [6.45, 7) is 0. The highest BCUT2D eigenvalue weighted by Gasteiger charge is 2.57. The van der Waals surface area contributed by atoms with Crippen LogP contribution in [-0.4, -0.2) is 40.4 Å². The first kappa shape index (κ1) is 20.2. The van der Waals surface area contributed by atoms with Crippen molar-refractivity contribution in [2.45, 2.75) is 24.3 Å². The number of carboxylic acids is 1. The zero-order chi connectivity index (χ0) is 21.6. The molecule has 1 saturated heterocycles. The van der Waals surface area contributed by atoms with Crippen molar-refractivity contribution in [2.75, 3.05) is 0 Å². The number of rotatable bonds is 3. The molecule has 0 aromatic heterocycles. The minimum absolute atomic E-state index is 0.0705. The molecule has 0 aliphatic carbocycles. The lowest BCUT2D eigenvalue weighted by Crippen LogP contribution is -2.53. The van der Waals surface area contributed by atoms with E-state index in [4.69, 9.17) is 11.6 Å². The summed E-state index contributed by atoms with van der Waals surface area (Å²) in [6.07, 6.45) is -4.64. The SMILES string of the molecule is O=C(O)c1ccccc1C1=CC(=O)N2NC(C(F)(F)F)C(c3ccc(Cl)cc3)C2N1. The quantitative estimate of drug-likeness (QED) is 0.686. The molecule has 3 unspecified atom stereocenters. The third kappa shape index (κ3) is 3.50. The minimum atomic E-state index is -4.64. The average Bonchev–Trinajstić information content (AvgIpc) is 3.09. The molecule has 2 aromatic rings. The number of carbonyl (C=O) groups is 2. The molecule has 1 fully saturated rings. The van der Waals surface area contributed by atoms with Crippen LogP contribution in [0, 0.1) is 0 Å². The summed E-state index contributed by atoms with van der Waals surface area (Å²) < 4.78 is 41.4. The Bertz CT molecular complexity index is 1040. The van der Waals surface area contributed by atoms with Gasteiger partial charge in [-0.3, -0.25) is 9.80 Å². The molecule has 0 saturated carbocycles. The van der Waals surface area contributed by atoms with Crippen LogP contribution in [0.25, 0.3) is 5.70 Å². The Labute approximate surface area is 173 Å². The number of amides is 1. The highest BCUT2D eigenvalue weighted by atomic mass is 35.5. The molecular formula is C20H15ClF3N3O3. The van der Waals surface area contributed by atoms with Gasteiger partial charge in [-0.1, -0.05) is 41.9 Å². The smallest absolute Gasteiger partial charge is 0.406 e. The molecule has 0 radical (unpaired) electrons. The number of aromatic carboxylic acids is 1. The second-order valence-electron chi connectivity index (χ2n) is 6.93. The fourth-order valence-corrected chi connectivity index (χ4v) is 3.92. The molecule has 2 heterocycles. The Morgan fingerprint density at radius 3 is 2.40 bits per heavy atom. The van der Waals surface area contributed by atoms with Gasteiger partial charge in [-0.05, 0) is 23.8 Å². The van der Waals surface area contributed by atoms with Gasteiger partial charge in [-0.2, -0.15) is 13.2 Å². The third-order valence-corrected chi connectivity index (χ3v) is 5.37. The summed E-state index contributed by atoms with van der Waals surface area (Å²) in [6, 6.07) is 9.86. The van der Waals surface area contributed by atoms with Crippen molar-refractivity contribution >= 4 is 29.2 Å². The largest absolute Gasteiger partial charge is 0.478 e. The van der Waals surface area contributed by atoms with Gasteiger partial charge >= 0.3 is 12.1 Å². The number of nitrogens with zero attached hydrogens (tertiary/aromatic N) is 1. The van der Waals surface area contributed by atoms with Crippen LogP contribution < -0.4 is 10.7 Å². The van der Waals surface area contributed by atoms with Crippen LogP contribution >= 0.6 is 11.6 Å². The van der Waals surface area contributed by atoms with Gasteiger partial charge in [0.15, 0.2) is 0 Å². The first-order valence-electron chi connectivity index (χ1n) is 8.89. The second kappa shape index (κ2) is 7.33. The summed E-state index contributed by atoms with van der Waals surface area (Å²) in [5, 5.41) is 13.6. The van der Waals surface area contributed by atoms with Crippen molar-refractivity contribution < 1.29 is 27.9 Å². The minimum Gasteiger partial charge on any atom is -0.478 e. The molecular weight excluding hydrogens is 423 g/mol. The van der Waals surface area contributed by atoms with Crippen LogP contribution in [0.3, 0.4) is 0 Å². The van der Waals surface area contributed by atoms with Gasteiger partial charge in [0.05, 0.1) is 11.5 Å². The lowest BCUT2D eigenvalue weighted by molar-refractivity contribution is -0.161. The van der Waals surface area contributed by atoms with Crippen LogP contribution in [0.2, 0.25) is 5.02 Å². The van der Waals surface area contributed by atoms with Crippen LogP contribution in [0.1, 0.15) is 27.4 Å². The van der Waals surface area contributed by atoms with Gasteiger partial charge < -0.3 is 10.4 Å². The Kier molecular flexibility index (Phi) is 4.95. The molecule has 30 heavy (non-hydrogen) atoms. The highest BCUT2D eigenvalue weighted by molar-refractivity contribution is 6.30. The van der Waals surface area contributed by atoms with E-state index in [1.54, 1.807) is 6.07 Å². The molecule has 0 spiro atoms. The fourth-order valence-electron chi connectivity index (χ4n) is 3.80. The average molecular weight is 438 g/mol. The molecule has 10 heteroatoms. The number of benzene rings is 2. The van der Waals surface area contributed by atoms with Crippen molar-refractivity contribution in [3.05, 3.63) is 76.3 Å². The molecule has 2 aromatic carbocycles. The molecule has 3 atom stereocenters. The number of hydrazine groups is 1. The molecule has 2 aliphatic heterocycles. The number of carbonyl (C=O) groups excluding carboxylic acids is 1. The molecule has 6 nitrogen and oxygen atoms in total. The molecule has 3 N–H and O–H groups in total. The zero-order valence-corrected chi connectivity index (χ0v) is 15.9. The highest BCUT2D eigenvalue weighted by Crippen LogP contribution is 2.41. The molecule has 0 bridgehead atoms. The van der Waals surface area contributed by atoms with Gasteiger partial charge in [0, 0.05) is 22.4 Å². The van der Waals surface area contributed by atoms with Gasteiger partial charge in [0.2, 0.25) is 0 Å². The van der Waals surface area contributed by atoms with Crippen LogP contribution in [0.4, 0.5) is 13.2 Å². The summed E-state index contributed by atoms with van der Waals surface area (Å²) in [5.41, 5.74) is 2.87. The summed E-state index contributed by atoms with van der Waals surface area (Å²) >= 11 is 5.87. The van der Waals surface area contributed by atoms with E-state index in [9.17, 15) is 27.9 Å². The van der Waals surface area contributed by atoms with Gasteiger partial charge in [0.25, 0.3) is 5.91 Å². The van der Waals surface area contributed by atoms with Crippen molar-refractivity contribution in [1.29, 1.82) is 0 Å². The standard InChI is InChI=1S/C20H15ClF3N3O3/c21-11-7-5-10(6-8-11)16-17(20(22,23)24)26-27-15(28)9-14(25-18(16)27)12-3-1-2-4-13(12)19(29)30/h1-9,16-18,25-26H,(H,29,30). The number of alkyl halides is 3. The van der Waals surface area contributed by atoms with Gasteiger partial charge in [-0.25, -0.2) is 10.2 Å². The second-order valence-corrected chi connectivity index (χ2v) is 7.37. The van der Waals surface area contributed by atoms with E-state index < -0.39 is 36.2 Å². The van der Waals surface area contributed by atoms with Gasteiger partial charge in [0.1, 0.15) is 12.2 Å². The number of carboxylic acid groups (broad SMARTS) is 1. The maximum absolute atomic E-state index is 13.8. The van der Waals surface area contributed by atoms with Gasteiger partial charge in [-0.15, -0.1) is 0 Å². The van der Waals surface area contributed by atoms with Crippen LogP contribution in [-0.2, 0) is 4.79 Å². The Hall–Kier alpha value is -3.04. The maximum atomic E-state index is 13.8. The van der Waals surface area contributed by atoms with E-state index in [0.717, 1.165) is 11.1 Å². The number of hydrogen-bond acceptors (Lipinski definition) is 4. The predicted molar refractivity (Wildman–Crippen MR) is 102 cm³/mol. The van der Waals surface area contributed by atoms with E-state index >= 15 is 0 Å². The maximum Gasteiger partial charge on any atom is 0.406 e. The summed E-state index contributed by atoms with van der Waals surface area (Å²) in [4.78, 5) is 24.2. The zero-order valence-electron chi connectivity index (χ0n) is 15.2.